The Morgan fingerprint density at radius 3 is 2.21 bits per heavy atom. The monoisotopic (exact) mass is 992 g/mol. The lowest BCUT2D eigenvalue weighted by Gasteiger charge is -2.25. The van der Waals surface area contributed by atoms with Gasteiger partial charge in [-0.1, -0.05) is 78.9 Å². The zero-order valence-electron chi connectivity index (χ0n) is 40.1. The van der Waals surface area contributed by atoms with Gasteiger partial charge in [-0.3, -0.25) is 18.6 Å². The number of benzene rings is 3. The fraction of sp³-hybridized carbons (Fsp3) is 0.431. The molecule has 5 rings (SSSR count). The summed E-state index contributed by atoms with van der Waals surface area (Å²) in [5.74, 6) is -1.48. The van der Waals surface area contributed by atoms with Gasteiger partial charge in [0, 0.05) is 94.0 Å². The van der Waals surface area contributed by atoms with Gasteiger partial charge < -0.3 is 15.0 Å². The molecule has 1 atom stereocenters. The maximum absolute atomic E-state index is 13.0. The molecule has 3 aromatic carbocycles. The van der Waals surface area contributed by atoms with Gasteiger partial charge in [0.15, 0.2) is 11.5 Å². The molecular weight excluding hydrogens is 927 g/mol. The van der Waals surface area contributed by atoms with Gasteiger partial charge in [0.1, 0.15) is 13.2 Å². The lowest BCUT2D eigenvalue weighted by atomic mass is 9.81. The van der Waals surface area contributed by atoms with E-state index in [4.69, 9.17) is 19.6 Å². The number of esters is 1. The topological polar surface area (TPSA) is 173 Å². The summed E-state index contributed by atoms with van der Waals surface area (Å²) in [5, 5.41) is 29.3. The van der Waals surface area contributed by atoms with E-state index in [2.05, 4.69) is 112 Å². The van der Waals surface area contributed by atoms with Crippen LogP contribution >= 0.6 is 24.1 Å². The number of ketones is 1. The van der Waals surface area contributed by atoms with E-state index >= 15 is 0 Å². The minimum Gasteiger partial charge on any atom is -0.461 e. The van der Waals surface area contributed by atoms with Gasteiger partial charge in [-0.25, -0.2) is 10.5 Å². The van der Waals surface area contributed by atoms with Crippen molar-refractivity contribution in [3.63, 3.8) is 0 Å². The molecule has 14 nitrogen and oxygen atoms in total. The molecule has 3 aromatic rings. The molecule has 0 saturated carbocycles. The molecule has 68 heavy (non-hydrogen) atoms. The molecule has 2 heterocycles. The highest BCUT2D eigenvalue weighted by Crippen LogP contribution is 2.49. The number of nitrogens with one attached hydrogen (secondary N) is 1. The number of allylic oxidation sites excluding steroid dienone is 6. The molecule has 0 aromatic heterocycles. The zero-order valence-corrected chi connectivity index (χ0v) is 42.5. The average molecular weight is 993 g/mol. The summed E-state index contributed by atoms with van der Waals surface area (Å²) in [4.78, 5) is 42.4. The summed E-state index contributed by atoms with van der Waals surface area (Å²) in [6.07, 6.45) is 17.8. The number of hydrogen-bond donors (Lipinski definition) is 3. The van der Waals surface area contributed by atoms with Crippen LogP contribution in [-0.4, -0.2) is 80.2 Å². The quantitative estimate of drug-likeness (QED) is 0.00962. The van der Waals surface area contributed by atoms with Crippen molar-refractivity contribution >= 4 is 73.7 Å². The number of fused-ring (bicyclic) bond motifs is 2. The van der Waals surface area contributed by atoms with Crippen LogP contribution in [0.2, 0.25) is 0 Å². The second kappa shape index (κ2) is 25.9. The van der Waals surface area contributed by atoms with Gasteiger partial charge in [-0.15, -0.1) is 8.67 Å². The third-order valence-corrected chi connectivity index (χ3v) is 14.1. The number of nitrogens with zero attached hydrogens (tertiary/aromatic N) is 2. The van der Waals surface area contributed by atoms with Crippen LogP contribution in [0.3, 0.4) is 0 Å². The minimum atomic E-state index is -2.44. The number of hydrogen-bond acceptors (Lipinski definition) is 14. The third-order valence-electron chi connectivity index (χ3n) is 12.1. The number of ether oxygens (including phenoxy) is 1. The summed E-state index contributed by atoms with van der Waals surface area (Å²) in [5.41, 5.74) is 6.94. The standard InChI is InChI=1S/C51H65N3O11S3/c1-8-53-43-28-26-39(66-64-62-58)33-41(43)50(2,3)46(53)23-14-10-15-24-47-51(4,5)42-34-40(67-65-63-59)27-29-44(42)54(47)31-19-11-16-25-48(56)52-30-18-17-22-38(45(55)36-68(6,7)60)32-49(57)61-35-37-20-12-9-13-21-37/h9-10,12-15,20-21,23-24,26-29,33-34,36,38H,8,11,16-19,22,25,30-32,35H2,1-7H3,(H2-,52,56,58,59)/p+1/t38-/m1/s1. The molecule has 0 aliphatic carbocycles. The molecule has 0 saturated heterocycles. The predicted octanol–water partition coefficient (Wildman–Crippen LogP) is 10.2. The summed E-state index contributed by atoms with van der Waals surface area (Å²) in [6.45, 7) is 13.0. The highest BCUT2D eigenvalue weighted by Gasteiger charge is 2.44. The third kappa shape index (κ3) is 15.2. The van der Waals surface area contributed by atoms with Crippen LogP contribution in [0.15, 0.2) is 113 Å². The first-order valence-corrected chi connectivity index (χ1v) is 26.8. The first-order valence-electron chi connectivity index (χ1n) is 22.9. The number of carbonyl (C=O) groups is 3. The van der Waals surface area contributed by atoms with Crippen LogP contribution in [0.25, 0.3) is 0 Å². The van der Waals surface area contributed by atoms with Crippen LogP contribution in [0.1, 0.15) is 103 Å². The SMILES string of the molecule is CCN1/C(=C/C=C/C=C/C2=[N+](CCCCCC(=O)NCCCC[C@H](CC(=O)OCc3ccccc3)C(=O)C=S(C)(C)=O)c3ccc(SOOO)cc3C2(C)C)C(C)(C)c2cc(SOOO)ccc21. The van der Waals surface area contributed by atoms with E-state index in [1.807, 2.05) is 48.5 Å². The summed E-state index contributed by atoms with van der Waals surface area (Å²) >= 11 is 1.87. The van der Waals surface area contributed by atoms with Crippen LogP contribution in [0.4, 0.5) is 11.4 Å². The number of unbranched alkanes of at least 4 members (excludes halogenated alkanes) is 3. The average Bonchev–Trinajstić information content (AvgIpc) is 3.65. The van der Waals surface area contributed by atoms with Crippen molar-refractivity contribution in [1.29, 1.82) is 0 Å². The van der Waals surface area contributed by atoms with Crippen molar-refractivity contribution in [3.8, 4) is 0 Å². The van der Waals surface area contributed by atoms with E-state index in [0.29, 0.717) is 32.2 Å². The van der Waals surface area contributed by atoms with Gasteiger partial charge >= 0.3 is 5.97 Å². The second-order valence-electron chi connectivity index (χ2n) is 18.2. The zero-order chi connectivity index (χ0) is 49.3. The summed E-state index contributed by atoms with van der Waals surface area (Å²) < 4.78 is 29.6. The number of amides is 1. The molecule has 3 N–H and O–H groups in total. The molecule has 2 aliphatic rings. The van der Waals surface area contributed by atoms with Crippen molar-refractivity contribution < 1.29 is 57.2 Å². The summed E-state index contributed by atoms with van der Waals surface area (Å²) in [7, 11) is -2.44. The Morgan fingerprint density at radius 1 is 0.838 bits per heavy atom. The predicted molar refractivity (Wildman–Crippen MR) is 270 cm³/mol. The fourth-order valence-corrected chi connectivity index (χ4v) is 10.3. The molecule has 0 spiro atoms. The Bertz CT molecular complexity index is 2470. The van der Waals surface area contributed by atoms with Gasteiger partial charge in [-0.2, -0.15) is 4.58 Å². The number of Topliss-reactive ketones (excluding diaryl/α,β-unsaturated/α-hetero) is 1. The van der Waals surface area contributed by atoms with Crippen molar-refractivity contribution in [2.45, 2.75) is 113 Å². The molecule has 2 aliphatic heterocycles. The van der Waals surface area contributed by atoms with Crippen LogP contribution in [0, 0.1) is 5.92 Å². The number of likely N-dealkylation sites (N-methyl/N-ethyl adjacent to an activating group) is 1. The number of rotatable bonds is 27. The Balaban J connectivity index is 1.16. The van der Waals surface area contributed by atoms with E-state index in [9.17, 15) is 18.6 Å². The molecule has 368 valence electrons. The largest absolute Gasteiger partial charge is 0.461 e. The second-order valence-corrected chi connectivity index (χ2v) is 22.6. The first-order chi connectivity index (χ1) is 32.5. The molecule has 0 unspecified atom stereocenters. The van der Waals surface area contributed by atoms with Crippen LogP contribution in [-0.2, 0) is 64.8 Å². The van der Waals surface area contributed by atoms with E-state index in [0.717, 1.165) is 106 Å². The molecule has 0 radical (unpaired) electrons. The van der Waals surface area contributed by atoms with Gasteiger partial charge in [0.2, 0.25) is 11.6 Å². The smallest absolute Gasteiger partial charge is 0.306 e. The molecular formula is C51H66N3O11S3+. The minimum absolute atomic E-state index is 0.0331. The molecule has 17 heteroatoms. The maximum atomic E-state index is 13.0. The highest BCUT2D eigenvalue weighted by atomic mass is 32.2. The van der Waals surface area contributed by atoms with E-state index in [1.165, 1.54) is 17.9 Å². The van der Waals surface area contributed by atoms with Crippen molar-refractivity contribution in [2.24, 2.45) is 5.92 Å². The number of anilines is 1. The number of carbonyl (C=O) groups excluding carboxylic acids is 3. The lowest BCUT2D eigenvalue weighted by molar-refractivity contribution is -0.438. The maximum Gasteiger partial charge on any atom is 0.306 e. The Kier molecular flexibility index (Phi) is 20.7. The van der Waals surface area contributed by atoms with Crippen molar-refractivity contribution in [2.75, 3.05) is 37.0 Å². The molecule has 1 amide bonds. The van der Waals surface area contributed by atoms with E-state index in [1.54, 1.807) is 0 Å². The highest BCUT2D eigenvalue weighted by molar-refractivity contribution is 8.01. The van der Waals surface area contributed by atoms with Crippen molar-refractivity contribution in [3.05, 3.63) is 119 Å². The van der Waals surface area contributed by atoms with Crippen LogP contribution < -0.4 is 10.2 Å². The normalized spacial score (nSPS) is 16.1. The van der Waals surface area contributed by atoms with Crippen LogP contribution in [0.5, 0.6) is 0 Å². The Morgan fingerprint density at radius 2 is 1.53 bits per heavy atom. The van der Waals surface area contributed by atoms with Crippen molar-refractivity contribution in [1.82, 2.24) is 5.32 Å². The summed E-state index contributed by atoms with van der Waals surface area (Å²) in [6, 6.07) is 21.4. The van der Waals surface area contributed by atoms with Gasteiger partial charge in [-0.05, 0) is 104 Å². The lowest BCUT2D eigenvalue weighted by Crippen LogP contribution is -2.28. The van der Waals surface area contributed by atoms with Gasteiger partial charge in [0.05, 0.1) is 35.9 Å². The van der Waals surface area contributed by atoms with E-state index < -0.39 is 21.4 Å². The fourth-order valence-electron chi connectivity index (χ4n) is 8.74. The van der Waals surface area contributed by atoms with E-state index in [-0.39, 0.29) is 35.5 Å². The molecule has 0 bridgehead atoms. The first kappa shape index (κ1) is 54.4. The Labute approximate surface area is 409 Å². The molecule has 0 fully saturated rings. The van der Waals surface area contributed by atoms with Gasteiger partial charge in [0.25, 0.3) is 0 Å². The Hall–Kier alpha value is -4.56.